The number of nitrogens with one attached hydrogen (secondary N) is 3. The maximum absolute atomic E-state index is 11.8. The molecule has 2 heterocycles. The zero-order valence-corrected chi connectivity index (χ0v) is 11.7. The van der Waals surface area contributed by atoms with Gasteiger partial charge in [-0.05, 0) is 0 Å². The summed E-state index contributed by atoms with van der Waals surface area (Å²) >= 11 is 0. The molecule has 10 heteroatoms. The number of ether oxygens (including phenoxy) is 1. The average molecular weight is 300 g/mol. The first-order chi connectivity index (χ1) is 10.0. The zero-order valence-electron chi connectivity index (χ0n) is 11.7. The number of aromatic amines is 1. The van der Waals surface area contributed by atoms with E-state index in [1.165, 1.54) is 11.9 Å². The van der Waals surface area contributed by atoms with Gasteiger partial charge in [-0.15, -0.1) is 0 Å². The molecule has 0 spiro atoms. The normalized spacial score (nSPS) is 15.9. The summed E-state index contributed by atoms with van der Waals surface area (Å²) in [6.07, 6.45) is 0. The van der Waals surface area contributed by atoms with Crippen LogP contribution in [-0.4, -0.2) is 53.9 Å². The van der Waals surface area contributed by atoms with Crippen LogP contribution in [0.25, 0.3) is 0 Å². The second-order valence-electron chi connectivity index (χ2n) is 4.81. The fourth-order valence-corrected chi connectivity index (χ4v) is 2.18. The fraction of sp³-hybridized carbons (Fsp3) is 0.636. The van der Waals surface area contributed by atoms with Crippen molar-refractivity contribution in [1.82, 2.24) is 9.55 Å². The van der Waals surface area contributed by atoms with E-state index in [0.29, 0.717) is 24.3 Å². The first kappa shape index (κ1) is 15.2. The molecule has 21 heavy (non-hydrogen) atoms. The highest BCUT2D eigenvalue weighted by molar-refractivity contribution is 5.53. The first-order valence-corrected chi connectivity index (χ1v) is 6.63. The van der Waals surface area contributed by atoms with E-state index in [2.05, 4.69) is 10.3 Å². The zero-order chi connectivity index (χ0) is 15.4. The number of nitrogens with zero attached hydrogens (tertiary/aromatic N) is 2. The SMILES string of the molecule is Cn1c(=O)[nH]c(NCC[NH+]2CCOCC2)c([N+](=O)[O-])c1=O. The Bertz CT molecular complexity index is 631. The Balaban J connectivity index is 2.10. The molecule has 0 radical (unpaired) electrons. The second-order valence-corrected chi connectivity index (χ2v) is 4.81. The molecular weight excluding hydrogens is 282 g/mol. The smallest absolute Gasteiger partial charge is 0.370 e. The standard InChI is InChI=1S/C11H17N5O5/c1-14-10(17)8(16(19)20)9(13-11(14)18)12-2-3-15-4-6-21-7-5-15/h12H,2-7H2,1H3,(H,13,18)/p+1. The lowest BCUT2D eigenvalue weighted by Gasteiger charge is -2.23. The molecule has 0 saturated carbocycles. The molecule has 0 amide bonds. The summed E-state index contributed by atoms with van der Waals surface area (Å²) < 4.78 is 5.91. The van der Waals surface area contributed by atoms with Crippen molar-refractivity contribution in [1.29, 1.82) is 0 Å². The van der Waals surface area contributed by atoms with Crippen LogP contribution >= 0.6 is 0 Å². The Morgan fingerprint density at radius 1 is 1.43 bits per heavy atom. The number of quaternary nitrogens is 1. The molecule has 1 aromatic heterocycles. The van der Waals surface area contributed by atoms with Gasteiger partial charge >= 0.3 is 16.9 Å². The monoisotopic (exact) mass is 300 g/mol. The Hall–Kier alpha value is -2.20. The molecule has 1 fully saturated rings. The number of rotatable bonds is 5. The predicted octanol–water partition coefficient (Wildman–Crippen LogP) is -2.69. The molecule has 10 nitrogen and oxygen atoms in total. The quantitative estimate of drug-likeness (QED) is 0.402. The summed E-state index contributed by atoms with van der Waals surface area (Å²) in [5.41, 5.74) is -2.26. The molecule has 0 bridgehead atoms. The number of aromatic nitrogens is 2. The van der Waals surface area contributed by atoms with Crippen molar-refractivity contribution in [3.8, 4) is 0 Å². The topological polar surface area (TPSA) is 124 Å². The van der Waals surface area contributed by atoms with E-state index in [1.54, 1.807) is 0 Å². The summed E-state index contributed by atoms with van der Waals surface area (Å²) in [7, 11) is 1.19. The highest BCUT2D eigenvalue weighted by Crippen LogP contribution is 2.13. The average Bonchev–Trinajstić information content (AvgIpc) is 2.45. The maximum Gasteiger partial charge on any atom is 0.374 e. The molecule has 0 aliphatic carbocycles. The summed E-state index contributed by atoms with van der Waals surface area (Å²) in [5.74, 6) is -0.138. The van der Waals surface area contributed by atoms with Crippen LogP contribution in [0.3, 0.4) is 0 Å². The van der Waals surface area contributed by atoms with Gasteiger partial charge < -0.3 is 15.0 Å². The fourth-order valence-electron chi connectivity index (χ4n) is 2.18. The van der Waals surface area contributed by atoms with E-state index in [1.807, 2.05) is 0 Å². The molecule has 3 N–H and O–H groups in total. The van der Waals surface area contributed by atoms with E-state index < -0.39 is 21.9 Å². The summed E-state index contributed by atoms with van der Waals surface area (Å²) in [5, 5.41) is 13.8. The molecule has 2 rings (SSSR count). The summed E-state index contributed by atoms with van der Waals surface area (Å²) in [6.45, 7) is 4.27. The largest absolute Gasteiger partial charge is 0.374 e. The molecule has 116 valence electrons. The number of morpholine rings is 1. The minimum Gasteiger partial charge on any atom is -0.370 e. The van der Waals surface area contributed by atoms with E-state index >= 15 is 0 Å². The van der Waals surface area contributed by atoms with Gasteiger partial charge in [0, 0.05) is 7.05 Å². The first-order valence-electron chi connectivity index (χ1n) is 6.63. The minimum atomic E-state index is -0.926. The molecular formula is C11H18N5O5+. The molecule has 1 aromatic rings. The maximum atomic E-state index is 11.8. The minimum absolute atomic E-state index is 0.138. The van der Waals surface area contributed by atoms with Crippen LogP contribution in [0, 0.1) is 10.1 Å². The molecule has 0 atom stereocenters. The van der Waals surface area contributed by atoms with Gasteiger partial charge in [-0.25, -0.2) is 4.79 Å². The molecule has 1 aliphatic rings. The van der Waals surface area contributed by atoms with Gasteiger partial charge in [0.1, 0.15) is 13.1 Å². The van der Waals surface area contributed by atoms with Gasteiger partial charge in [-0.2, -0.15) is 0 Å². The van der Waals surface area contributed by atoms with Crippen molar-refractivity contribution in [2.45, 2.75) is 0 Å². The molecule has 0 aromatic carbocycles. The molecule has 0 unspecified atom stereocenters. The lowest BCUT2D eigenvalue weighted by Crippen LogP contribution is -3.14. The third-order valence-electron chi connectivity index (χ3n) is 3.44. The molecule has 1 aliphatic heterocycles. The highest BCUT2D eigenvalue weighted by atomic mass is 16.6. The Morgan fingerprint density at radius 2 is 2.10 bits per heavy atom. The van der Waals surface area contributed by atoms with Crippen molar-refractivity contribution >= 4 is 11.5 Å². The van der Waals surface area contributed by atoms with E-state index in [9.17, 15) is 19.7 Å². The van der Waals surface area contributed by atoms with Gasteiger partial charge in [0.2, 0.25) is 0 Å². The third kappa shape index (κ3) is 3.47. The van der Waals surface area contributed by atoms with Gasteiger partial charge in [0.25, 0.3) is 0 Å². The Kier molecular flexibility index (Phi) is 4.70. The van der Waals surface area contributed by atoms with Gasteiger partial charge in [-0.3, -0.25) is 24.5 Å². The molecule has 1 saturated heterocycles. The Labute approximate surface area is 119 Å². The van der Waals surface area contributed by atoms with Crippen LogP contribution < -0.4 is 21.5 Å². The highest BCUT2D eigenvalue weighted by Gasteiger charge is 2.23. The van der Waals surface area contributed by atoms with Crippen LogP contribution in [-0.2, 0) is 11.8 Å². The number of hydrogen-bond acceptors (Lipinski definition) is 6. The van der Waals surface area contributed by atoms with Gasteiger partial charge in [0.05, 0.1) is 31.2 Å². The van der Waals surface area contributed by atoms with Crippen LogP contribution in [0.4, 0.5) is 11.5 Å². The van der Waals surface area contributed by atoms with Crippen LogP contribution in [0.1, 0.15) is 0 Å². The van der Waals surface area contributed by atoms with Crippen molar-refractivity contribution in [2.24, 2.45) is 7.05 Å². The van der Waals surface area contributed by atoms with Crippen molar-refractivity contribution in [3.05, 3.63) is 31.0 Å². The Morgan fingerprint density at radius 3 is 2.71 bits per heavy atom. The van der Waals surface area contributed by atoms with Crippen molar-refractivity contribution in [3.63, 3.8) is 0 Å². The summed E-state index contributed by atoms with van der Waals surface area (Å²) in [4.78, 5) is 37.1. The van der Waals surface area contributed by atoms with Crippen LogP contribution in [0.2, 0.25) is 0 Å². The van der Waals surface area contributed by atoms with Crippen LogP contribution in [0.5, 0.6) is 0 Å². The van der Waals surface area contributed by atoms with Gasteiger partial charge in [-0.1, -0.05) is 0 Å². The number of H-pyrrole nitrogens is 1. The van der Waals surface area contributed by atoms with Crippen molar-refractivity contribution < 1.29 is 14.6 Å². The lowest BCUT2D eigenvalue weighted by atomic mass is 10.4. The van der Waals surface area contributed by atoms with Crippen molar-refractivity contribution in [2.75, 3.05) is 44.7 Å². The van der Waals surface area contributed by atoms with E-state index in [-0.39, 0.29) is 5.82 Å². The summed E-state index contributed by atoms with van der Waals surface area (Å²) in [6, 6.07) is 0. The van der Waals surface area contributed by atoms with E-state index in [4.69, 9.17) is 4.74 Å². The van der Waals surface area contributed by atoms with E-state index in [0.717, 1.165) is 19.6 Å². The van der Waals surface area contributed by atoms with Gasteiger partial charge in [0.15, 0.2) is 5.82 Å². The number of hydrogen-bond donors (Lipinski definition) is 3. The predicted molar refractivity (Wildman–Crippen MR) is 73.8 cm³/mol. The third-order valence-corrected chi connectivity index (χ3v) is 3.44. The van der Waals surface area contributed by atoms with Crippen LogP contribution in [0.15, 0.2) is 9.59 Å². The number of nitro groups is 1. The second kappa shape index (κ2) is 6.50. The lowest BCUT2D eigenvalue weighted by molar-refractivity contribution is -0.906. The number of anilines is 1.